The van der Waals surface area contributed by atoms with Gasteiger partial charge < -0.3 is 9.84 Å². The Kier molecular flexibility index (Phi) is 3.18. The molecule has 0 amide bonds. The summed E-state index contributed by atoms with van der Waals surface area (Å²) in [5.74, 6) is 1.15. The van der Waals surface area contributed by atoms with Crippen LogP contribution in [-0.4, -0.2) is 23.4 Å². The molecule has 2 nitrogen and oxygen atoms in total. The summed E-state index contributed by atoms with van der Waals surface area (Å²) in [7, 11) is 0. The first-order valence-corrected chi connectivity index (χ1v) is 9.30. The Bertz CT molecular complexity index is 520. The molecule has 1 saturated heterocycles. The van der Waals surface area contributed by atoms with Gasteiger partial charge in [-0.15, -0.1) is 0 Å². The molecular formula is C20H32O2. The minimum absolute atomic E-state index is 0.119. The average Bonchev–Trinajstić information content (AvgIpc) is 2.42. The van der Waals surface area contributed by atoms with Gasteiger partial charge >= 0.3 is 0 Å². The van der Waals surface area contributed by atoms with Crippen molar-refractivity contribution in [3.8, 4) is 0 Å². The van der Waals surface area contributed by atoms with Crippen LogP contribution in [0.4, 0.5) is 0 Å². The quantitative estimate of drug-likeness (QED) is 0.669. The lowest BCUT2D eigenvalue weighted by molar-refractivity contribution is -0.304. The van der Waals surface area contributed by atoms with Crippen LogP contribution in [0.1, 0.15) is 72.6 Å². The van der Waals surface area contributed by atoms with Crippen LogP contribution in [0.15, 0.2) is 11.1 Å². The number of aliphatic hydroxyl groups is 1. The van der Waals surface area contributed by atoms with Gasteiger partial charge in [-0.25, -0.2) is 0 Å². The molecule has 3 aliphatic carbocycles. The van der Waals surface area contributed by atoms with Crippen molar-refractivity contribution in [1.29, 1.82) is 0 Å². The predicted octanol–water partition coefficient (Wildman–Crippen LogP) is 4.47. The Labute approximate surface area is 135 Å². The van der Waals surface area contributed by atoms with Gasteiger partial charge in [0.1, 0.15) is 5.60 Å². The molecule has 0 aromatic carbocycles. The van der Waals surface area contributed by atoms with Crippen molar-refractivity contribution in [2.75, 3.05) is 6.61 Å². The first-order valence-electron chi connectivity index (χ1n) is 9.30. The first-order chi connectivity index (χ1) is 10.3. The second-order valence-corrected chi connectivity index (χ2v) is 9.49. The minimum atomic E-state index is -0.531. The summed E-state index contributed by atoms with van der Waals surface area (Å²) in [6.07, 6.45) is 8.64. The molecule has 2 saturated carbocycles. The maximum absolute atomic E-state index is 11.3. The van der Waals surface area contributed by atoms with Crippen LogP contribution in [-0.2, 0) is 4.74 Å². The zero-order valence-electron chi connectivity index (χ0n) is 14.7. The van der Waals surface area contributed by atoms with Crippen LogP contribution in [0.25, 0.3) is 0 Å². The molecular weight excluding hydrogens is 272 g/mol. The van der Waals surface area contributed by atoms with Crippen molar-refractivity contribution in [1.82, 2.24) is 0 Å². The van der Waals surface area contributed by atoms with E-state index in [9.17, 15) is 5.11 Å². The van der Waals surface area contributed by atoms with Gasteiger partial charge in [-0.05, 0) is 74.5 Å². The summed E-state index contributed by atoms with van der Waals surface area (Å²) >= 11 is 0. The standard InChI is InChI=1S/C20H32O2/c1-13-5-6-14-11-16-19(4,9-7-15(13)18(14,2)3)10-8-17-20(16,21)12-22-17/h14,16-17,21H,5-12H2,1-4H3/t14-,16-,17+,19+,20+/m0/s1. The largest absolute Gasteiger partial charge is 0.384 e. The van der Waals surface area contributed by atoms with Crippen molar-refractivity contribution in [3.05, 3.63) is 11.1 Å². The van der Waals surface area contributed by atoms with Crippen LogP contribution in [0.3, 0.4) is 0 Å². The van der Waals surface area contributed by atoms with E-state index >= 15 is 0 Å². The number of hydrogen-bond acceptors (Lipinski definition) is 2. The molecule has 3 fully saturated rings. The topological polar surface area (TPSA) is 29.5 Å². The van der Waals surface area contributed by atoms with Gasteiger partial charge in [0.25, 0.3) is 0 Å². The van der Waals surface area contributed by atoms with Crippen LogP contribution >= 0.6 is 0 Å². The fraction of sp³-hybridized carbons (Fsp3) is 0.900. The monoisotopic (exact) mass is 304 g/mol. The first kappa shape index (κ1) is 15.2. The maximum Gasteiger partial charge on any atom is 0.117 e. The number of rotatable bonds is 0. The average molecular weight is 304 g/mol. The lowest BCUT2D eigenvalue weighted by Gasteiger charge is -2.62. The van der Waals surface area contributed by atoms with Gasteiger partial charge in [0.15, 0.2) is 0 Å². The zero-order valence-corrected chi connectivity index (χ0v) is 14.7. The summed E-state index contributed by atoms with van der Waals surface area (Å²) in [5, 5.41) is 11.3. The van der Waals surface area contributed by atoms with Gasteiger partial charge in [-0.1, -0.05) is 31.9 Å². The molecule has 0 spiro atoms. The number of allylic oxidation sites excluding steroid dienone is 2. The highest BCUT2D eigenvalue weighted by molar-refractivity contribution is 5.26. The smallest absolute Gasteiger partial charge is 0.117 e. The normalized spacial score (nSPS) is 50.3. The Morgan fingerprint density at radius 3 is 2.55 bits per heavy atom. The van der Waals surface area contributed by atoms with Crippen LogP contribution in [0, 0.1) is 22.7 Å². The molecule has 4 aliphatic rings. The lowest BCUT2D eigenvalue weighted by Crippen LogP contribution is -2.69. The molecule has 4 rings (SSSR count). The van der Waals surface area contributed by atoms with E-state index in [2.05, 4.69) is 27.7 Å². The Balaban J connectivity index is 1.74. The lowest BCUT2D eigenvalue weighted by atomic mass is 9.49. The molecule has 1 heterocycles. The van der Waals surface area contributed by atoms with E-state index in [4.69, 9.17) is 4.74 Å². The highest BCUT2D eigenvalue weighted by atomic mass is 16.6. The van der Waals surface area contributed by atoms with E-state index in [1.165, 1.54) is 38.5 Å². The van der Waals surface area contributed by atoms with Gasteiger partial charge in [0, 0.05) is 0 Å². The van der Waals surface area contributed by atoms with Crippen LogP contribution in [0.2, 0.25) is 0 Å². The van der Waals surface area contributed by atoms with E-state index in [1.54, 1.807) is 11.1 Å². The van der Waals surface area contributed by atoms with Crippen molar-refractivity contribution >= 4 is 0 Å². The Morgan fingerprint density at radius 2 is 1.86 bits per heavy atom. The summed E-state index contributed by atoms with van der Waals surface area (Å²) < 4.78 is 5.72. The fourth-order valence-corrected chi connectivity index (χ4v) is 6.40. The molecule has 2 heteroatoms. The highest BCUT2D eigenvalue weighted by Gasteiger charge is 2.62. The third-order valence-electron chi connectivity index (χ3n) is 8.14. The summed E-state index contributed by atoms with van der Waals surface area (Å²) in [5.41, 5.74) is 3.48. The molecule has 1 aliphatic heterocycles. The molecule has 124 valence electrons. The van der Waals surface area contributed by atoms with Gasteiger partial charge in [-0.3, -0.25) is 0 Å². The van der Waals surface area contributed by atoms with Crippen molar-refractivity contribution < 1.29 is 9.84 Å². The number of fused-ring (bicyclic) bond motifs is 5. The third-order valence-corrected chi connectivity index (χ3v) is 8.14. The molecule has 22 heavy (non-hydrogen) atoms. The minimum Gasteiger partial charge on any atom is -0.384 e. The van der Waals surface area contributed by atoms with Crippen LogP contribution in [0.5, 0.6) is 0 Å². The molecule has 0 unspecified atom stereocenters. The molecule has 0 aromatic heterocycles. The summed E-state index contributed by atoms with van der Waals surface area (Å²) in [4.78, 5) is 0. The maximum atomic E-state index is 11.3. The Hall–Kier alpha value is -0.340. The van der Waals surface area contributed by atoms with E-state index in [1.807, 2.05) is 0 Å². The van der Waals surface area contributed by atoms with Crippen LogP contribution < -0.4 is 0 Å². The van der Waals surface area contributed by atoms with Gasteiger partial charge in [0.05, 0.1) is 12.7 Å². The van der Waals surface area contributed by atoms with E-state index < -0.39 is 5.60 Å². The van der Waals surface area contributed by atoms with E-state index in [0.29, 0.717) is 23.4 Å². The number of hydrogen-bond donors (Lipinski definition) is 1. The molecule has 0 radical (unpaired) electrons. The molecule has 1 N–H and O–H groups in total. The van der Waals surface area contributed by atoms with Crippen molar-refractivity contribution in [2.45, 2.75) is 84.3 Å². The number of ether oxygens (including phenoxy) is 1. The Morgan fingerprint density at radius 1 is 1.09 bits per heavy atom. The SMILES string of the molecule is CC1=C2CC[C@]3(C)CC[C@H]4OC[C@@]4(O)[C@H]3C[C@H](CC1)C2(C)C. The van der Waals surface area contributed by atoms with E-state index in [-0.39, 0.29) is 6.10 Å². The van der Waals surface area contributed by atoms with Gasteiger partial charge in [-0.2, -0.15) is 0 Å². The molecule has 5 atom stereocenters. The van der Waals surface area contributed by atoms with Crippen molar-refractivity contribution in [2.24, 2.45) is 22.7 Å². The second-order valence-electron chi connectivity index (χ2n) is 9.49. The van der Waals surface area contributed by atoms with Gasteiger partial charge in [0.2, 0.25) is 0 Å². The third kappa shape index (κ3) is 1.86. The second kappa shape index (κ2) is 4.60. The van der Waals surface area contributed by atoms with Crippen molar-refractivity contribution in [3.63, 3.8) is 0 Å². The molecule has 2 bridgehead atoms. The van der Waals surface area contributed by atoms with E-state index in [0.717, 1.165) is 12.3 Å². The summed E-state index contributed by atoms with van der Waals surface area (Å²) in [6.45, 7) is 10.3. The molecule has 0 aromatic rings. The fourth-order valence-electron chi connectivity index (χ4n) is 6.40. The predicted molar refractivity (Wildman–Crippen MR) is 88.6 cm³/mol. The summed E-state index contributed by atoms with van der Waals surface area (Å²) in [6, 6.07) is 0. The zero-order chi connectivity index (χ0) is 15.8. The highest BCUT2D eigenvalue weighted by Crippen LogP contribution is 2.61.